The zero-order valence-corrected chi connectivity index (χ0v) is 16.2. The van der Waals surface area contributed by atoms with Gasteiger partial charge >= 0.3 is 0 Å². The number of anilines is 1. The van der Waals surface area contributed by atoms with E-state index in [4.69, 9.17) is 0 Å². The third-order valence-electron chi connectivity index (χ3n) is 4.18. The monoisotopic (exact) mass is 366 g/mol. The Balaban J connectivity index is 1.70. The molecule has 0 saturated heterocycles. The van der Waals surface area contributed by atoms with E-state index in [0.29, 0.717) is 5.16 Å². The summed E-state index contributed by atoms with van der Waals surface area (Å²) < 4.78 is 1.97. The van der Waals surface area contributed by atoms with Gasteiger partial charge in [0.05, 0.1) is 5.75 Å². The van der Waals surface area contributed by atoms with E-state index < -0.39 is 0 Å². The second-order valence-corrected chi connectivity index (χ2v) is 7.28. The number of benzene rings is 2. The Hall–Kier alpha value is -2.60. The van der Waals surface area contributed by atoms with E-state index >= 15 is 0 Å². The summed E-state index contributed by atoms with van der Waals surface area (Å²) in [5.74, 6) is 1.01. The highest BCUT2D eigenvalue weighted by Gasteiger charge is 2.13. The molecule has 0 saturated carbocycles. The molecule has 0 radical (unpaired) electrons. The summed E-state index contributed by atoms with van der Waals surface area (Å²) in [5, 5.41) is 12.0. The van der Waals surface area contributed by atoms with Gasteiger partial charge in [0, 0.05) is 11.4 Å². The summed E-state index contributed by atoms with van der Waals surface area (Å²) in [6.45, 7) is 8.05. The van der Waals surface area contributed by atoms with E-state index in [1.54, 1.807) is 0 Å². The minimum Gasteiger partial charge on any atom is -0.325 e. The number of nitrogens with one attached hydrogen (secondary N) is 1. The van der Waals surface area contributed by atoms with Gasteiger partial charge in [-0.05, 0) is 68.7 Å². The number of hydrogen-bond acceptors (Lipinski definition) is 4. The van der Waals surface area contributed by atoms with Gasteiger partial charge < -0.3 is 5.32 Å². The second-order valence-electron chi connectivity index (χ2n) is 6.34. The van der Waals surface area contributed by atoms with E-state index in [1.165, 1.54) is 22.9 Å². The number of aromatic nitrogens is 3. The number of amides is 1. The van der Waals surface area contributed by atoms with Crippen molar-refractivity contribution < 1.29 is 4.79 Å². The molecular weight excluding hydrogens is 344 g/mol. The minimum atomic E-state index is -0.0605. The first-order valence-electron chi connectivity index (χ1n) is 8.43. The van der Waals surface area contributed by atoms with Crippen LogP contribution in [0.1, 0.15) is 22.5 Å². The SMILES string of the molecule is Cc1cccc(-n2c(C)nnc2SCC(=O)Nc2ccc(C)c(C)c2)c1. The van der Waals surface area contributed by atoms with E-state index in [0.717, 1.165) is 22.8 Å². The molecule has 0 atom stereocenters. The highest BCUT2D eigenvalue weighted by atomic mass is 32.2. The lowest BCUT2D eigenvalue weighted by Crippen LogP contribution is -2.14. The molecule has 1 heterocycles. The molecule has 0 aliphatic rings. The van der Waals surface area contributed by atoms with Crippen LogP contribution in [0.5, 0.6) is 0 Å². The Morgan fingerprint density at radius 1 is 1.04 bits per heavy atom. The van der Waals surface area contributed by atoms with Crippen molar-refractivity contribution in [2.45, 2.75) is 32.9 Å². The first-order valence-corrected chi connectivity index (χ1v) is 9.41. The smallest absolute Gasteiger partial charge is 0.234 e. The first-order chi connectivity index (χ1) is 12.4. The molecule has 0 aliphatic carbocycles. The van der Waals surface area contributed by atoms with E-state index in [1.807, 2.05) is 61.7 Å². The molecule has 3 aromatic rings. The Labute approximate surface area is 157 Å². The molecule has 0 unspecified atom stereocenters. The van der Waals surface area contributed by atoms with Gasteiger partial charge in [0.25, 0.3) is 0 Å². The van der Waals surface area contributed by atoms with Gasteiger partial charge in [-0.3, -0.25) is 9.36 Å². The molecule has 1 aromatic heterocycles. The highest BCUT2D eigenvalue weighted by Crippen LogP contribution is 2.23. The summed E-state index contributed by atoms with van der Waals surface area (Å²) in [5.41, 5.74) is 5.35. The average molecular weight is 366 g/mol. The van der Waals surface area contributed by atoms with Crippen LogP contribution in [0.2, 0.25) is 0 Å². The molecule has 1 amide bonds. The van der Waals surface area contributed by atoms with Crippen LogP contribution in [0.15, 0.2) is 47.6 Å². The van der Waals surface area contributed by atoms with Crippen molar-refractivity contribution in [1.82, 2.24) is 14.8 Å². The average Bonchev–Trinajstić information content (AvgIpc) is 2.97. The van der Waals surface area contributed by atoms with Crippen molar-refractivity contribution in [3.63, 3.8) is 0 Å². The normalized spacial score (nSPS) is 10.8. The fraction of sp³-hybridized carbons (Fsp3) is 0.250. The number of aryl methyl sites for hydroxylation is 4. The van der Waals surface area contributed by atoms with Crippen molar-refractivity contribution >= 4 is 23.4 Å². The fourth-order valence-corrected chi connectivity index (χ4v) is 3.44. The molecule has 26 heavy (non-hydrogen) atoms. The molecular formula is C20H22N4OS. The number of thioether (sulfide) groups is 1. The number of rotatable bonds is 5. The van der Waals surface area contributed by atoms with Crippen molar-refractivity contribution in [2.75, 3.05) is 11.1 Å². The number of carbonyl (C=O) groups excluding carboxylic acids is 1. The predicted octanol–water partition coefficient (Wildman–Crippen LogP) is 4.23. The highest BCUT2D eigenvalue weighted by molar-refractivity contribution is 7.99. The number of hydrogen-bond donors (Lipinski definition) is 1. The van der Waals surface area contributed by atoms with Gasteiger partial charge in [-0.15, -0.1) is 10.2 Å². The van der Waals surface area contributed by atoms with Crippen LogP contribution in [-0.2, 0) is 4.79 Å². The summed E-state index contributed by atoms with van der Waals surface area (Å²) in [6, 6.07) is 14.1. The van der Waals surface area contributed by atoms with Crippen LogP contribution < -0.4 is 5.32 Å². The van der Waals surface area contributed by atoms with Gasteiger partial charge in [0.2, 0.25) is 5.91 Å². The van der Waals surface area contributed by atoms with Crippen LogP contribution in [0.25, 0.3) is 5.69 Å². The summed E-state index contributed by atoms with van der Waals surface area (Å²) in [7, 11) is 0. The molecule has 0 fully saturated rings. The van der Waals surface area contributed by atoms with E-state index in [9.17, 15) is 4.79 Å². The Morgan fingerprint density at radius 2 is 1.85 bits per heavy atom. The molecule has 134 valence electrons. The van der Waals surface area contributed by atoms with Crippen LogP contribution in [-0.4, -0.2) is 26.4 Å². The third kappa shape index (κ3) is 4.14. The Bertz CT molecular complexity index is 949. The zero-order chi connectivity index (χ0) is 18.7. The number of nitrogens with zero attached hydrogens (tertiary/aromatic N) is 3. The van der Waals surface area contributed by atoms with Gasteiger partial charge in [0.1, 0.15) is 5.82 Å². The molecule has 6 heteroatoms. The molecule has 5 nitrogen and oxygen atoms in total. The molecule has 1 N–H and O–H groups in total. The lowest BCUT2D eigenvalue weighted by molar-refractivity contribution is -0.113. The van der Waals surface area contributed by atoms with Crippen LogP contribution in [0.4, 0.5) is 5.69 Å². The second kappa shape index (κ2) is 7.74. The van der Waals surface area contributed by atoms with E-state index in [-0.39, 0.29) is 11.7 Å². The molecule has 0 spiro atoms. The first kappa shape index (κ1) is 18.2. The lowest BCUT2D eigenvalue weighted by atomic mass is 10.1. The molecule has 0 aliphatic heterocycles. The van der Waals surface area contributed by atoms with Crippen molar-refractivity contribution in [3.8, 4) is 5.69 Å². The predicted molar refractivity (Wildman–Crippen MR) is 106 cm³/mol. The van der Waals surface area contributed by atoms with Gasteiger partial charge in [-0.2, -0.15) is 0 Å². The van der Waals surface area contributed by atoms with Crippen LogP contribution in [0, 0.1) is 27.7 Å². The van der Waals surface area contributed by atoms with Crippen molar-refractivity contribution in [3.05, 3.63) is 65.0 Å². The number of carbonyl (C=O) groups is 1. The third-order valence-corrected chi connectivity index (χ3v) is 5.11. The standard InChI is InChI=1S/C20H22N4OS/c1-13-6-5-7-18(10-13)24-16(4)22-23-20(24)26-12-19(25)21-17-9-8-14(2)15(3)11-17/h5-11H,12H2,1-4H3,(H,21,25). The van der Waals surface area contributed by atoms with Gasteiger partial charge in [0.15, 0.2) is 5.16 Å². The Kier molecular flexibility index (Phi) is 5.42. The van der Waals surface area contributed by atoms with Crippen molar-refractivity contribution in [1.29, 1.82) is 0 Å². The topological polar surface area (TPSA) is 59.8 Å². The fourth-order valence-electron chi connectivity index (χ4n) is 2.65. The zero-order valence-electron chi connectivity index (χ0n) is 15.4. The summed E-state index contributed by atoms with van der Waals surface area (Å²) >= 11 is 1.38. The maximum absolute atomic E-state index is 12.3. The Morgan fingerprint density at radius 3 is 2.58 bits per heavy atom. The molecule has 2 aromatic carbocycles. The maximum Gasteiger partial charge on any atom is 0.234 e. The summed E-state index contributed by atoms with van der Waals surface area (Å²) in [4.78, 5) is 12.3. The maximum atomic E-state index is 12.3. The van der Waals surface area contributed by atoms with Crippen LogP contribution in [0.3, 0.4) is 0 Å². The van der Waals surface area contributed by atoms with Crippen LogP contribution >= 0.6 is 11.8 Å². The lowest BCUT2D eigenvalue weighted by Gasteiger charge is -2.10. The quantitative estimate of drug-likeness (QED) is 0.687. The molecule has 0 bridgehead atoms. The van der Waals surface area contributed by atoms with Gasteiger partial charge in [-0.1, -0.05) is 30.0 Å². The van der Waals surface area contributed by atoms with Crippen molar-refractivity contribution in [2.24, 2.45) is 0 Å². The largest absolute Gasteiger partial charge is 0.325 e. The van der Waals surface area contributed by atoms with Gasteiger partial charge in [-0.25, -0.2) is 0 Å². The minimum absolute atomic E-state index is 0.0605. The summed E-state index contributed by atoms with van der Waals surface area (Å²) in [6.07, 6.45) is 0. The van der Waals surface area contributed by atoms with E-state index in [2.05, 4.69) is 28.5 Å². The molecule has 3 rings (SSSR count).